The van der Waals surface area contributed by atoms with Crippen molar-refractivity contribution in [2.24, 2.45) is 4.99 Å². The van der Waals surface area contributed by atoms with Crippen molar-refractivity contribution < 1.29 is 57.9 Å². The third-order valence-electron chi connectivity index (χ3n) is 12.8. The van der Waals surface area contributed by atoms with Crippen LogP contribution >= 0.6 is 0 Å². The van der Waals surface area contributed by atoms with E-state index >= 15 is 0 Å². The minimum absolute atomic E-state index is 0.0231. The summed E-state index contributed by atoms with van der Waals surface area (Å²) in [5.41, 5.74) is 4.68. The summed E-state index contributed by atoms with van der Waals surface area (Å²) in [6.07, 6.45) is 13.5. The Kier molecular flexibility index (Phi) is 16.2. The van der Waals surface area contributed by atoms with Gasteiger partial charge in [-0.3, -0.25) is 33.0 Å². The zero-order valence-electron chi connectivity index (χ0n) is 39.5. The van der Waals surface area contributed by atoms with Crippen LogP contribution in [0.15, 0.2) is 59.3 Å². The minimum atomic E-state index is -4.39. The Hall–Kier alpha value is -4.86. The molecule has 0 unspecified atom stereocenters. The predicted molar refractivity (Wildman–Crippen MR) is 261 cm³/mol. The van der Waals surface area contributed by atoms with E-state index in [1.807, 2.05) is 65.2 Å². The summed E-state index contributed by atoms with van der Waals surface area (Å²) >= 11 is 0. The van der Waals surface area contributed by atoms with Gasteiger partial charge in [0.1, 0.15) is 12.8 Å². The summed E-state index contributed by atoms with van der Waals surface area (Å²) in [7, 11) is -13.0. The van der Waals surface area contributed by atoms with E-state index in [9.17, 15) is 53.3 Å². The molecule has 2 aromatic rings. The van der Waals surface area contributed by atoms with E-state index in [-0.39, 0.29) is 43.0 Å². The number of hydrogen-bond donors (Lipinski definition) is 5. The van der Waals surface area contributed by atoms with Crippen molar-refractivity contribution in [1.29, 1.82) is 0 Å². The molecule has 0 saturated carbocycles. The average molecular weight is 987 g/mol. The summed E-state index contributed by atoms with van der Waals surface area (Å²) in [5, 5.41) is 5.60. The first kappa shape index (κ1) is 53.1. The number of nitrogens with zero attached hydrogens (tertiary/aromatic N) is 3. The second-order valence-electron chi connectivity index (χ2n) is 18.8. The molecule has 366 valence electrons. The Morgan fingerprint density at radius 3 is 1.94 bits per heavy atom. The second kappa shape index (κ2) is 20.4. The maximum absolute atomic E-state index is 14.0. The molecule has 67 heavy (non-hydrogen) atoms. The van der Waals surface area contributed by atoms with Gasteiger partial charge in [0.05, 0.1) is 39.5 Å². The number of carbonyl (C=O) groups excluding carboxylic acids is 3. The molecule has 0 spiro atoms. The molecule has 3 aliphatic heterocycles. The molecule has 0 radical (unpaired) electrons. The third-order valence-corrected chi connectivity index (χ3v) is 15.1. The standard InChI is InChI=1S/C47H63N5O12S3/c1-9-10-11-15-20-48-44(55)34-29-36-41(42-40(34)45(3,4)31(2)50-42)47(7,8)38(52(36)23-17-25-66(59,60)61)19-14-12-13-18-37-46(5,6)39-33(43(54)49-21-26-67(62,63)64)27-32(30-53)28-35(39)51(37)22-16-24-65(56,57)58/h12-14,18-19,27-30H,9-11,15-17,20-26H2,1-8H3,(H4-,48,49,54,55,56,57,58,59,60,61,62,63,64)/p+1. The summed E-state index contributed by atoms with van der Waals surface area (Å²) < 4.78 is 101. The summed E-state index contributed by atoms with van der Waals surface area (Å²) in [6.45, 7) is 16.3. The van der Waals surface area contributed by atoms with Gasteiger partial charge in [-0.15, -0.1) is 0 Å². The normalized spacial score (nSPS) is 17.9. The van der Waals surface area contributed by atoms with Gasteiger partial charge in [0.15, 0.2) is 5.71 Å². The molecule has 20 heteroatoms. The van der Waals surface area contributed by atoms with E-state index in [0.717, 1.165) is 48.2 Å². The molecule has 2 amide bonds. The summed E-state index contributed by atoms with van der Waals surface area (Å²) in [6, 6.07) is 4.81. The Morgan fingerprint density at radius 1 is 0.716 bits per heavy atom. The van der Waals surface area contributed by atoms with Crippen molar-refractivity contribution in [3.8, 4) is 0 Å². The number of amides is 2. The van der Waals surface area contributed by atoms with E-state index in [4.69, 9.17) is 4.99 Å². The first-order valence-corrected chi connectivity index (χ1v) is 27.2. The van der Waals surface area contributed by atoms with Gasteiger partial charge in [-0.1, -0.05) is 72.1 Å². The van der Waals surface area contributed by atoms with Gasteiger partial charge in [-0.05, 0) is 51.8 Å². The lowest BCUT2D eigenvalue weighted by Gasteiger charge is -2.27. The number of allylic oxidation sites excluding steroid dienone is 6. The number of benzene rings is 2. The maximum atomic E-state index is 14.0. The van der Waals surface area contributed by atoms with Crippen LogP contribution in [0.5, 0.6) is 0 Å². The lowest BCUT2D eigenvalue weighted by Crippen LogP contribution is -2.31. The first-order valence-electron chi connectivity index (χ1n) is 22.4. The van der Waals surface area contributed by atoms with Crippen LogP contribution in [0.2, 0.25) is 0 Å². The van der Waals surface area contributed by atoms with Gasteiger partial charge < -0.3 is 15.5 Å². The first-order chi connectivity index (χ1) is 31.1. The number of rotatable bonds is 22. The molecule has 0 aromatic heterocycles. The lowest BCUT2D eigenvalue weighted by atomic mass is 9.74. The Labute approximate surface area is 394 Å². The van der Waals surface area contributed by atoms with E-state index in [0.29, 0.717) is 46.7 Å². The SMILES string of the molecule is CCCCCCNC(=O)c1cc2c(c3c1C(C)(C)C(C)=N3)C(C)(C)C(/C=C/C=C/C=C1/N(CCCS(=O)(=O)O)c3cc(C=O)cc(C(=O)NCCS(=O)(=O)O)c3C1(C)C)=[N+]2CCCS(=O)(=O)O. The fraction of sp³-hybridized carbons (Fsp3) is 0.511. The number of hydrogen-bond acceptors (Lipinski definition) is 11. The molecule has 3 heterocycles. The summed E-state index contributed by atoms with van der Waals surface area (Å²) in [5.74, 6) is -2.70. The van der Waals surface area contributed by atoms with Crippen LogP contribution in [0.1, 0.15) is 142 Å². The highest BCUT2D eigenvalue weighted by Gasteiger charge is 2.51. The second-order valence-corrected chi connectivity index (χ2v) is 23.5. The third kappa shape index (κ3) is 12.1. The number of carbonyl (C=O) groups is 3. The maximum Gasteiger partial charge on any atom is 0.266 e. The quantitative estimate of drug-likeness (QED) is 0.0277. The molecule has 5 N–H and O–H groups in total. The topological polar surface area (TPSA) is 257 Å². The highest BCUT2D eigenvalue weighted by Crippen LogP contribution is 2.54. The highest BCUT2D eigenvalue weighted by atomic mass is 32.2. The van der Waals surface area contributed by atoms with E-state index in [1.165, 1.54) is 6.07 Å². The smallest absolute Gasteiger partial charge is 0.266 e. The lowest BCUT2D eigenvalue weighted by molar-refractivity contribution is -0.437. The molecule has 0 fully saturated rings. The number of aldehydes is 1. The van der Waals surface area contributed by atoms with E-state index < -0.39 is 76.3 Å². The molecule has 0 bridgehead atoms. The monoisotopic (exact) mass is 986 g/mol. The molecule has 3 aliphatic rings. The van der Waals surface area contributed by atoms with Crippen LogP contribution in [0.4, 0.5) is 17.1 Å². The van der Waals surface area contributed by atoms with Crippen LogP contribution in [-0.2, 0) is 46.6 Å². The Morgan fingerprint density at radius 2 is 1.33 bits per heavy atom. The molecular weight excluding hydrogens is 923 g/mol. The van der Waals surface area contributed by atoms with Crippen molar-refractivity contribution in [3.63, 3.8) is 0 Å². The van der Waals surface area contributed by atoms with Crippen LogP contribution in [-0.4, -0.2) is 116 Å². The minimum Gasteiger partial charge on any atom is -0.352 e. The number of anilines is 1. The fourth-order valence-electron chi connectivity index (χ4n) is 9.34. The van der Waals surface area contributed by atoms with Crippen LogP contribution in [0.25, 0.3) is 0 Å². The van der Waals surface area contributed by atoms with E-state index in [1.54, 1.807) is 35.3 Å². The summed E-state index contributed by atoms with van der Waals surface area (Å²) in [4.78, 5) is 46.6. The molecule has 0 aliphatic carbocycles. The van der Waals surface area contributed by atoms with Crippen molar-refractivity contribution in [1.82, 2.24) is 10.6 Å². The molecule has 2 aromatic carbocycles. The van der Waals surface area contributed by atoms with Crippen molar-refractivity contribution >= 4 is 76.9 Å². The van der Waals surface area contributed by atoms with Crippen LogP contribution in [0.3, 0.4) is 0 Å². The average Bonchev–Trinajstić information content (AvgIpc) is 3.67. The Bertz CT molecular complexity index is 2820. The molecule has 0 atom stereocenters. The van der Waals surface area contributed by atoms with Gasteiger partial charge in [-0.2, -0.15) is 29.8 Å². The Balaban J connectivity index is 1.59. The number of fused-ring (bicyclic) bond motifs is 4. The molecular formula is C47H64N5O12S3+. The largest absolute Gasteiger partial charge is 0.352 e. The van der Waals surface area contributed by atoms with Crippen molar-refractivity contribution in [2.45, 2.75) is 110 Å². The highest BCUT2D eigenvalue weighted by molar-refractivity contribution is 7.86. The van der Waals surface area contributed by atoms with Crippen LogP contribution in [0, 0.1) is 0 Å². The molecule has 0 saturated heterocycles. The van der Waals surface area contributed by atoms with E-state index in [2.05, 4.69) is 17.6 Å². The van der Waals surface area contributed by atoms with Gasteiger partial charge in [-0.25, -0.2) is 0 Å². The number of nitrogens with one attached hydrogen (secondary N) is 2. The van der Waals surface area contributed by atoms with Gasteiger partial charge in [0.25, 0.3) is 42.2 Å². The van der Waals surface area contributed by atoms with Crippen molar-refractivity contribution in [2.75, 3.05) is 48.3 Å². The van der Waals surface area contributed by atoms with Gasteiger partial charge >= 0.3 is 0 Å². The predicted octanol–water partition coefficient (Wildman–Crippen LogP) is 6.54. The zero-order valence-corrected chi connectivity index (χ0v) is 41.9. The van der Waals surface area contributed by atoms with Gasteiger partial charge in [0.2, 0.25) is 5.69 Å². The number of aliphatic imine (C=N–C) groups is 1. The zero-order chi connectivity index (χ0) is 49.9. The fourth-order valence-corrected chi connectivity index (χ4v) is 10.7. The number of unbranched alkanes of at least 4 members (excludes halogenated alkanes) is 3. The molecule has 5 rings (SSSR count). The molecule has 17 nitrogen and oxygen atoms in total. The van der Waals surface area contributed by atoms with Crippen molar-refractivity contribution in [3.05, 3.63) is 87.7 Å². The van der Waals surface area contributed by atoms with Gasteiger partial charge in [0, 0.05) is 88.4 Å². The van der Waals surface area contributed by atoms with Crippen LogP contribution < -0.4 is 15.5 Å².